The molecule has 2 aliphatic carbocycles. The third-order valence-electron chi connectivity index (χ3n) is 4.84. The minimum Gasteiger partial charge on any atom is -0.497 e. The first-order valence-corrected chi connectivity index (χ1v) is 7.75. The van der Waals surface area contributed by atoms with E-state index in [1.807, 2.05) is 6.07 Å². The Kier molecular flexibility index (Phi) is 3.10. The molecule has 0 aliphatic heterocycles. The van der Waals surface area contributed by atoms with Crippen LogP contribution in [0.25, 0.3) is 0 Å². The lowest BCUT2D eigenvalue weighted by Crippen LogP contribution is -2.19. The molecular weight excluding hydrogens is 260 g/mol. The Morgan fingerprint density at radius 3 is 2.52 bits per heavy atom. The Morgan fingerprint density at radius 2 is 1.76 bits per heavy atom. The molecule has 0 N–H and O–H groups in total. The molecule has 0 amide bonds. The number of methoxy groups -OCH3 is 1. The SMILES string of the molecule is COc1ccc2c(c1)C(CCOc1ccc3c(c1)CC3)C2. The highest BCUT2D eigenvalue weighted by Gasteiger charge is 2.26. The molecule has 1 atom stereocenters. The molecule has 2 aromatic rings. The number of benzene rings is 2. The van der Waals surface area contributed by atoms with Crippen molar-refractivity contribution in [3.05, 3.63) is 58.7 Å². The van der Waals surface area contributed by atoms with E-state index in [9.17, 15) is 0 Å². The van der Waals surface area contributed by atoms with Crippen molar-refractivity contribution < 1.29 is 9.47 Å². The van der Waals surface area contributed by atoms with Gasteiger partial charge in [-0.25, -0.2) is 0 Å². The average molecular weight is 280 g/mol. The maximum atomic E-state index is 5.92. The predicted molar refractivity (Wildman–Crippen MR) is 83.4 cm³/mol. The zero-order chi connectivity index (χ0) is 14.2. The summed E-state index contributed by atoms with van der Waals surface area (Å²) < 4.78 is 11.2. The molecule has 0 aromatic heterocycles. The largest absolute Gasteiger partial charge is 0.497 e. The minimum atomic E-state index is 0.627. The second kappa shape index (κ2) is 5.10. The van der Waals surface area contributed by atoms with Gasteiger partial charge in [-0.2, -0.15) is 0 Å². The van der Waals surface area contributed by atoms with Gasteiger partial charge in [-0.15, -0.1) is 0 Å². The molecule has 0 bridgehead atoms. The summed E-state index contributed by atoms with van der Waals surface area (Å²) in [6, 6.07) is 12.9. The molecule has 2 aromatic carbocycles. The van der Waals surface area contributed by atoms with Gasteiger partial charge in [-0.1, -0.05) is 12.1 Å². The molecule has 21 heavy (non-hydrogen) atoms. The molecule has 2 nitrogen and oxygen atoms in total. The molecule has 0 fully saturated rings. The van der Waals surface area contributed by atoms with E-state index in [0.717, 1.165) is 24.5 Å². The smallest absolute Gasteiger partial charge is 0.119 e. The van der Waals surface area contributed by atoms with Gasteiger partial charge in [0.15, 0.2) is 0 Å². The molecule has 0 saturated carbocycles. The Morgan fingerprint density at radius 1 is 0.952 bits per heavy atom. The zero-order valence-electron chi connectivity index (χ0n) is 12.4. The third-order valence-corrected chi connectivity index (χ3v) is 4.84. The summed E-state index contributed by atoms with van der Waals surface area (Å²) in [5.41, 5.74) is 5.85. The van der Waals surface area contributed by atoms with Crippen LogP contribution in [0.15, 0.2) is 36.4 Å². The number of ether oxygens (including phenoxy) is 2. The Labute approximate surface area is 125 Å². The van der Waals surface area contributed by atoms with E-state index in [0.29, 0.717) is 5.92 Å². The lowest BCUT2D eigenvalue weighted by molar-refractivity contribution is 0.290. The quantitative estimate of drug-likeness (QED) is 0.827. The highest BCUT2D eigenvalue weighted by Crippen LogP contribution is 2.39. The van der Waals surface area contributed by atoms with Gasteiger partial charge in [0.05, 0.1) is 13.7 Å². The van der Waals surface area contributed by atoms with Crippen LogP contribution in [0.1, 0.15) is 34.6 Å². The summed E-state index contributed by atoms with van der Waals surface area (Å²) in [7, 11) is 1.73. The van der Waals surface area contributed by atoms with E-state index in [1.54, 1.807) is 7.11 Å². The lowest BCUT2D eigenvalue weighted by Gasteiger charge is -2.30. The van der Waals surface area contributed by atoms with Gasteiger partial charge in [-0.05, 0) is 78.1 Å². The van der Waals surface area contributed by atoms with Crippen molar-refractivity contribution in [2.24, 2.45) is 0 Å². The summed E-state index contributed by atoms with van der Waals surface area (Å²) in [6.07, 6.45) is 4.70. The standard InChI is InChI=1S/C19H20O2/c1-20-17-6-5-15-10-16(19(15)12-17)8-9-21-18-7-4-13-2-3-14(13)11-18/h4-7,11-12,16H,2-3,8-10H2,1H3. The maximum absolute atomic E-state index is 5.92. The van der Waals surface area contributed by atoms with Gasteiger partial charge in [0.1, 0.15) is 11.5 Å². The van der Waals surface area contributed by atoms with Crippen LogP contribution in [-0.2, 0) is 19.3 Å². The number of hydrogen-bond donors (Lipinski definition) is 0. The molecule has 0 saturated heterocycles. The average Bonchev–Trinajstić information content (AvgIpc) is 2.46. The van der Waals surface area contributed by atoms with Crippen LogP contribution in [0.5, 0.6) is 11.5 Å². The van der Waals surface area contributed by atoms with Crippen LogP contribution in [-0.4, -0.2) is 13.7 Å². The van der Waals surface area contributed by atoms with Crippen LogP contribution in [0.2, 0.25) is 0 Å². The monoisotopic (exact) mass is 280 g/mol. The molecular formula is C19H20O2. The van der Waals surface area contributed by atoms with Crippen LogP contribution in [0.4, 0.5) is 0 Å². The second-order valence-electron chi connectivity index (χ2n) is 6.03. The molecule has 0 radical (unpaired) electrons. The highest BCUT2D eigenvalue weighted by atomic mass is 16.5. The fraction of sp³-hybridized carbons (Fsp3) is 0.368. The first-order valence-electron chi connectivity index (χ1n) is 7.75. The van der Waals surface area contributed by atoms with Crippen molar-refractivity contribution in [1.29, 1.82) is 0 Å². The maximum Gasteiger partial charge on any atom is 0.119 e. The van der Waals surface area contributed by atoms with Crippen molar-refractivity contribution in [3.8, 4) is 11.5 Å². The van der Waals surface area contributed by atoms with Crippen LogP contribution >= 0.6 is 0 Å². The number of hydrogen-bond acceptors (Lipinski definition) is 2. The summed E-state index contributed by atoms with van der Waals surface area (Å²) in [6.45, 7) is 0.792. The molecule has 2 heteroatoms. The predicted octanol–water partition coefficient (Wildman–Crippen LogP) is 3.90. The lowest BCUT2D eigenvalue weighted by atomic mass is 9.76. The second-order valence-corrected chi connectivity index (χ2v) is 6.03. The summed E-state index contributed by atoms with van der Waals surface area (Å²) in [4.78, 5) is 0. The van der Waals surface area contributed by atoms with Crippen molar-refractivity contribution in [2.75, 3.05) is 13.7 Å². The van der Waals surface area contributed by atoms with Crippen molar-refractivity contribution >= 4 is 0 Å². The first-order chi connectivity index (χ1) is 10.3. The van der Waals surface area contributed by atoms with Crippen LogP contribution in [0, 0.1) is 0 Å². The molecule has 4 rings (SSSR count). The van der Waals surface area contributed by atoms with Gasteiger partial charge in [0.2, 0.25) is 0 Å². The van der Waals surface area contributed by atoms with E-state index in [1.165, 1.54) is 41.5 Å². The molecule has 0 heterocycles. The van der Waals surface area contributed by atoms with Crippen molar-refractivity contribution in [1.82, 2.24) is 0 Å². The van der Waals surface area contributed by atoms with Crippen molar-refractivity contribution in [3.63, 3.8) is 0 Å². The number of aryl methyl sites for hydroxylation is 2. The molecule has 0 spiro atoms. The van der Waals surface area contributed by atoms with Gasteiger partial charge in [0.25, 0.3) is 0 Å². The zero-order valence-corrected chi connectivity index (χ0v) is 12.4. The Hall–Kier alpha value is -1.96. The van der Waals surface area contributed by atoms with E-state index < -0.39 is 0 Å². The summed E-state index contributed by atoms with van der Waals surface area (Å²) in [5.74, 6) is 2.61. The summed E-state index contributed by atoms with van der Waals surface area (Å²) in [5, 5.41) is 0. The molecule has 1 unspecified atom stereocenters. The first kappa shape index (κ1) is 12.8. The van der Waals surface area contributed by atoms with E-state index >= 15 is 0 Å². The van der Waals surface area contributed by atoms with Crippen molar-refractivity contribution in [2.45, 2.75) is 31.6 Å². The van der Waals surface area contributed by atoms with Gasteiger partial charge in [0, 0.05) is 0 Å². The molecule has 108 valence electrons. The van der Waals surface area contributed by atoms with Crippen LogP contribution < -0.4 is 9.47 Å². The number of fused-ring (bicyclic) bond motifs is 2. The van der Waals surface area contributed by atoms with E-state index in [4.69, 9.17) is 9.47 Å². The Balaban J connectivity index is 1.34. The van der Waals surface area contributed by atoms with Gasteiger partial charge in [-0.3, -0.25) is 0 Å². The summed E-state index contributed by atoms with van der Waals surface area (Å²) >= 11 is 0. The third kappa shape index (κ3) is 2.29. The van der Waals surface area contributed by atoms with Gasteiger partial charge >= 0.3 is 0 Å². The highest BCUT2D eigenvalue weighted by molar-refractivity contribution is 5.45. The fourth-order valence-corrected chi connectivity index (χ4v) is 3.35. The molecule has 2 aliphatic rings. The fourth-order valence-electron chi connectivity index (χ4n) is 3.35. The topological polar surface area (TPSA) is 18.5 Å². The van der Waals surface area contributed by atoms with Gasteiger partial charge < -0.3 is 9.47 Å². The normalized spacial score (nSPS) is 18.0. The van der Waals surface area contributed by atoms with Crippen LogP contribution in [0.3, 0.4) is 0 Å². The Bertz CT molecular complexity index is 675. The minimum absolute atomic E-state index is 0.627. The number of rotatable bonds is 5. The van der Waals surface area contributed by atoms with E-state index in [-0.39, 0.29) is 0 Å². The van der Waals surface area contributed by atoms with E-state index in [2.05, 4.69) is 30.3 Å².